The number of aromatic nitrogens is 4. The molecule has 0 bridgehead atoms. The molecule has 8 nitrogen and oxygen atoms in total. The molecule has 2 aromatic carbocycles. The maximum atomic E-state index is 12.6. The van der Waals surface area contributed by atoms with Crippen LogP contribution in [0.4, 0.5) is 5.82 Å². The Balaban J connectivity index is 1.64. The second kappa shape index (κ2) is 8.54. The van der Waals surface area contributed by atoms with Gasteiger partial charge < -0.3 is 4.74 Å². The minimum Gasteiger partial charge on any atom is -0.455 e. The zero-order valence-corrected chi connectivity index (χ0v) is 18.4. The number of halogens is 2. The van der Waals surface area contributed by atoms with Gasteiger partial charge in [-0.2, -0.15) is 10.2 Å². The SMILES string of the molecule is Cn1nccc1-c1cc(Cl)ccc1Oc1ccc(S(=O)(=O)Nc2cccnn2)cc1Cl. The van der Waals surface area contributed by atoms with E-state index >= 15 is 0 Å². The molecule has 0 saturated carbocycles. The summed E-state index contributed by atoms with van der Waals surface area (Å²) in [6.45, 7) is 0. The van der Waals surface area contributed by atoms with Gasteiger partial charge in [0.15, 0.2) is 5.82 Å². The molecule has 158 valence electrons. The maximum Gasteiger partial charge on any atom is 0.263 e. The number of hydrogen-bond acceptors (Lipinski definition) is 6. The van der Waals surface area contributed by atoms with Crippen molar-refractivity contribution < 1.29 is 13.2 Å². The Hall–Kier alpha value is -3.14. The fourth-order valence-corrected chi connectivity index (χ4v) is 4.31. The third kappa shape index (κ3) is 4.63. The van der Waals surface area contributed by atoms with E-state index in [2.05, 4.69) is 20.0 Å². The van der Waals surface area contributed by atoms with Gasteiger partial charge in [0.05, 0.1) is 15.6 Å². The monoisotopic (exact) mass is 475 g/mol. The van der Waals surface area contributed by atoms with Crippen LogP contribution >= 0.6 is 23.2 Å². The van der Waals surface area contributed by atoms with Gasteiger partial charge in [-0.05, 0) is 54.6 Å². The summed E-state index contributed by atoms with van der Waals surface area (Å²) < 4.78 is 35.2. The van der Waals surface area contributed by atoms with Crippen LogP contribution in [0.1, 0.15) is 0 Å². The highest BCUT2D eigenvalue weighted by Crippen LogP contribution is 2.38. The van der Waals surface area contributed by atoms with E-state index < -0.39 is 10.0 Å². The van der Waals surface area contributed by atoms with Crippen LogP contribution in [0.25, 0.3) is 11.3 Å². The zero-order chi connectivity index (χ0) is 22.0. The first-order valence-corrected chi connectivity index (χ1v) is 11.1. The Morgan fingerprint density at radius 3 is 2.48 bits per heavy atom. The van der Waals surface area contributed by atoms with Crippen LogP contribution in [-0.2, 0) is 17.1 Å². The van der Waals surface area contributed by atoms with Gasteiger partial charge in [-0.25, -0.2) is 8.42 Å². The van der Waals surface area contributed by atoms with Crippen molar-refractivity contribution in [2.75, 3.05) is 4.72 Å². The van der Waals surface area contributed by atoms with Crippen LogP contribution in [0.3, 0.4) is 0 Å². The Bertz CT molecular complexity index is 1340. The van der Waals surface area contributed by atoms with Crippen LogP contribution in [0.5, 0.6) is 11.5 Å². The van der Waals surface area contributed by atoms with Crippen molar-refractivity contribution in [2.45, 2.75) is 4.90 Å². The highest BCUT2D eigenvalue weighted by molar-refractivity contribution is 7.92. The Morgan fingerprint density at radius 1 is 1.00 bits per heavy atom. The molecule has 2 aromatic heterocycles. The summed E-state index contributed by atoms with van der Waals surface area (Å²) in [5.74, 6) is 0.870. The molecule has 11 heteroatoms. The summed E-state index contributed by atoms with van der Waals surface area (Å²) in [5.41, 5.74) is 1.51. The molecule has 0 radical (unpaired) electrons. The number of ether oxygens (including phenoxy) is 1. The molecule has 0 spiro atoms. The van der Waals surface area contributed by atoms with E-state index in [4.69, 9.17) is 27.9 Å². The lowest BCUT2D eigenvalue weighted by Gasteiger charge is -2.14. The molecule has 0 atom stereocenters. The van der Waals surface area contributed by atoms with Crippen molar-refractivity contribution in [3.63, 3.8) is 0 Å². The third-order valence-electron chi connectivity index (χ3n) is 4.28. The van der Waals surface area contributed by atoms with E-state index in [0.717, 1.165) is 5.69 Å². The quantitative estimate of drug-likeness (QED) is 0.430. The standard InChI is InChI=1S/C20H15Cl2N5O3S/c1-27-17(8-10-24-27)15-11-13(21)4-6-18(15)30-19-7-5-14(12-16(19)22)31(28,29)26-20-3-2-9-23-25-20/h2-12H,1H3,(H,25,26). The van der Waals surface area contributed by atoms with Crippen LogP contribution in [0.2, 0.25) is 10.0 Å². The molecule has 31 heavy (non-hydrogen) atoms. The molecule has 1 N–H and O–H groups in total. The molecule has 4 rings (SSSR count). The molecule has 4 aromatic rings. The van der Waals surface area contributed by atoms with E-state index in [1.807, 2.05) is 6.07 Å². The predicted molar refractivity (Wildman–Crippen MR) is 118 cm³/mol. The number of hydrogen-bond donors (Lipinski definition) is 1. The van der Waals surface area contributed by atoms with Gasteiger partial charge in [0.2, 0.25) is 0 Å². The van der Waals surface area contributed by atoms with E-state index in [1.54, 1.807) is 42.2 Å². The summed E-state index contributed by atoms with van der Waals surface area (Å²) in [6.07, 6.45) is 3.11. The second-order valence-corrected chi connectivity index (χ2v) is 8.92. The lowest BCUT2D eigenvalue weighted by atomic mass is 10.1. The predicted octanol–water partition coefficient (Wildman–Crippen LogP) is 4.78. The average Bonchev–Trinajstić information content (AvgIpc) is 3.16. The molecule has 0 unspecified atom stereocenters. The Morgan fingerprint density at radius 2 is 1.81 bits per heavy atom. The highest BCUT2D eigenvalue weighted by Gasteiger charge is 2.18. The van der Waals surface area contributed by atoms with Crippen LogP contribution in [0.15, 0.2) is 71.9 Å². The van der Waals surface area contributed by atoms with Gasteiger partial charge in [-0.15, -0.1) is 5.10 Å². The largest absolute Gasteiger partial charge is 0.455 e. The smallest absolute Gasteiger partial charge is 0.263 e. The molecule has 2 heterocycles. The van der Waals surface area contributed by atoms with Crippen LogP contribution in [-0.4, -0.2) is 28.4 Å². The molecule has 0 saturated heterocycles. The van der Waals surface area contributed by atoms with Gasteiger partial charge >= 0.3 is 0 Å². The fraction of sp³-hybridized carbons (Fsp3) is 0.0500. The van der Waals surface area contributed by atoms with E-state index in [1.165, 1.54) is 30.5 Å². The van der Waals surface area contributed by atoms with Crippen molar-refractivity contribution in [1.82, 2.24) is 20.0 Å². The normalized spacial score (nSPS) is 11.3. The lowest BCUT2D eigenvalue weighted by Crippen LogP contribution is -2.14. The maximum absolute atomic E-state index is 12.6. The van der Waals surface area contributed by atoms with Gasteiger partial charge in [0.1, 0.15) is 11.5 Å². The Kier molecular flexibility index (Phi) is 5.81. The van der Waals surface area contributed by atoms with Crippen molar-refractivity contribution in [2.24, 2.45) is 7.05 Å². The van der Waals surface area contributed by atoms with Gasteiger partial charge in [-0.1, -0.05) is 23.2 Å². The summed E-state index contributed by atoms with van der Waals surface area (Å²) >= 11 is 12.5. The number of sulfonamides is 1. The third-order valence-corrected chi connectivity index (χ3v) is 6.17. The lowest BCUT2D eigenvalue weighted by molar-refractivity contribution is 0.483. The molecular weight excluding hydrogens is 461 g/mol. The van der Waals surface area contributed by atoms with Gasteiger partial charge in [0, 0.05) is 30.0 Å². The number of nitrogens with zero attached hydrogens (tertiary/aromatic N) is 4. The zero-order valence-electron chi connectivity index (χ0n) is 16.0. The summed E-state index contributed by atoms with van der Waals surface area (Å²) in [6, 6.07) is 14.2. The minimum absolute atomic E-state index is 0.0431. The molecule has 0 aliphatic heterocycles. The number of rotatable bonds is 6. The first kappa shape index (κ1) is 21.1. The summed E-state index contributed by atoms with van der Waals surface area (Å²) in [5, 5.41) is 12.2. The first-order valence-electron chi connectivity index (χ1n) is 8.89. The second-order valence-electron chi connectivity index (χ2n) is 6.39. The fourth-order valence-electron chi connectivity index (χ4n) is 2.83. The molecule has 0 aliphatic rings. The van der Waals surface area contributed by atoms with Crippen LogP contribution < -0.4 is 9.46 Å². The van der Waals surface area contributed by atoms with E-state index in [0.29, 0.717) is 16.3 Å². The molecular formula is C20H15Cl2N5O3S. The van der Waals surface area contributed by atoms with Crippen molar-refractivity contribution in [3.05, 3.63) is 77.0 Å². The molecule has 0 aliphatic carbocycles. The summed E-state index contributed by atoms with van der Waals surface area (Å²) in [4.78, 5) is -0.0431. The van der Waals surface area contributed by atoms with Crippen LogP contribution in [0, 0.1) is 0 Å². The number of aryl methyl sites for hydroxylation is 1. The highest BCUT2D eigenvalue weighted by atomic mass is 35.5. The molecule has 0 amide bonds. The van der Waals surface area contributed by atoms with Gasteiger partial charge in [0.25, 0.3) is 10.0 Å². The van der Waals surface area contributed by atoms with Crippen molar-refractivity contribution in [3.8, 4) is 22.8 Å². The first-order chi connectivity index (χ1) is 14.8. The van der Waals surface area contributed by atoms with Gasteiger partial charge in [-0.3, -0.25) is 9.40 Å². The summed E-state index contributed by atoms with van der Waals surface area (Å²) in [7, 11) is -2.10. The Labute approximate surface area is 188 Å². The average molecular weight is 476 g/mol. The number of anilines is 1. The van der Waals surface area contributed by atoms with E-state index in [-0.39, 0.29) is 21.5 Å². The van der Waals surface area contributed by atoms with E-state index in [9.17, 15) is 8.42 Å². The van der Waals surface area contributed by atoms with Crippen molar-refractivity contribution >= 4 is 39.0 Å². The topological polar surface area (TPSA) is 99.0 Å². The number of nitrogens with one attached hydrogen (secondary N) is 1. The molecule has 0 fully saturated rings. The number of benzene rings is 2. The van der Waals surface area contributed by atoms with Crippen molar-refractivity contribution in [1.29, 1.82) is 0 Å². The minimum atomic E-state index is -3.90.